The third-order valence-electron chi connectivity index (χ3n) is 7.70. The number of hydrogen-bond donors (Lipinski definition) is 2. The van der Waals surface area contributed by atoms with E-state index in [9.17, 15) is 5.11 Å². The number of nitrogens with zero attached hydrogens (tertiary/aromatic N) is 6. The molecular formula is C26H31N7O3. The number of aromatic hydroxyl groups is 1. The van der Waals surface area contributed by atoms with Gasteiger partial charge in [-0.2, -0.15) is 0 Å². The molecule has 2 fully saturated rings. The van der Waals surface area contributed by atoms with Crippen LogP contribution in [-0.4, -0.2) is 67.6 Å². The lowest BCUT2D eigenvalue weighted by atomic mass is 9.69. The van der Waals surface area contributed by atoms with Crippen molar-refractivity contribution in [3.8, 4) is 40.2 Å². The Morgan fingerprint density at radius 3 is 2.44 bits per heavy atom. The predicted octanol–water partition coefficient (Wildman–Crippen LogP) is 3.36. The molecule has 2 aromatic heterocycles. The van der Waals surface area contributed by atoms with Crippen molar-refractivity contribution in [1.29, 1.82) is 0 Å². The molecule has 10 nitrogen and oxygen atoms in total. The van der Waals surface area contributed by atoms with Gasteiger partial charge in [-0.25, -0.2) is 15.0 Å². The van der Waals surface area contributed by atoms with Crippen LogP contribution in [-0.2, 0) is 0 Å². The Morgan fingerprint density at radius 2 is 1.75 bits per heavy atom. The monoisotopic (exact) mass is 489 g/mol. The first-order chi connectivity index (χ1) is 17.3. The number of hydrogen-bond acceptors (Lipinski definition) is 10. The number of phenolic OH excluding ortho intramolecular Hbond substituents is 1. The van der Waals surface area contributed by atoms with E-state index in [1.54, 1.807) is 24.5 Å². The third kappa shape index (κ3) is 4.19. The summed E-state index contributed by atoms with van der Waals surface area (Å²) in [4.78, 5) is 15.5. The van der Waals surface area contributed by atoms with Gasteiger partial charge >= 0.3 is 0 Å². The molecule has 3 atom stereocenters. The highest BCUT2D eigenvalue weighted by atomic mass is 16.6. The van der Waals surface area contributed by atoms with Crippen LogP contribution in [0, 0.1) is 0 Å². The number of anilines is 1. The van der Waals surface area contributed by atoms with Gasteiger partial charge in [0.1, 0.15) is 19.0 Å². The fourth-order valence-electron chi connectivity index (χ4n) is 6.01. The van der Waals surface area contributed by atoms with Crippen molar-refractivity contribution in [1.82, 2.24) is 30.5 Å². The molecule has 0 radical (unpaired) electrons. The Hall–Kier alpha value is -3.53. The summed E-state index contributed by atoms with van der Waals surface area (Å²) in [7, 11) is 2.07. The molecule has 2 saturated heterocycles. The number of phenols is 1. The summed E-state index contributed by atoms with van der Waals surface area (Å²) in [5, 5.41) is 23.4. The van der Waals surface area contributed by atoms with E-state index in [1.807, 2.05) is 6.07 Å². The average Bonchev–Trinajstić information content (AvgIpc) is 2.87. The van der Waals surface area contributed by atoms with Gasteiger partial charge in [-0.05, 0) is 58.1 Å². The summed E-state index contributed by atoms with van der Waals surface area (Å²) in [5.74, 6) is 1.88. The van der Waals surface area contributed by atoms with Crippen molar-refractivity contribution in [2.24, 2.45) is 0 Å². The maximum Gasteiger partial charge on any atom is 0.278 e. The number of benzene rings is 1. The summed E-state index contributed by atoms with van der Waals surface area (Å²) in [6.45, 7) is 5.55. The van der Waals surface area contributed by atoms with Gasteiger partial charge in [0.15, 0.2) is 11.6 Å². The molecule has 0 spiro atoms. The van der Waals surface area contributed by atoms with Gasteiger partial charge < -0.3 is 24.8 Å². The summed E-state index contributed by atoms with van der Waals surface area (Å²) in [6, 6.07) is 5.59. The molecule has 0 amide bonds. The lowest BCUT2D eigenvalue weighted by Crippen LogP contribution is -2.66. The highest BCUT2D eigenvalue weighted by Gasteiger charge is 2.46. The second-order valence-electron chi connectivity index (χ2n) is 10.7. The number of piperidine rings is 2. The maximum absolute atomic E-state index is 10.7. The number of ether oxygens (including phenoxy) is 2. The van der Waals surface area contributed by atoms with Crippen LogP contribution < -0.4 is 19.7 Å². The summed E-state index contributed by atoms with van der Waals surface area (Å²) in [6.07, 6.45) is 9.13. The minimum absolute atomic E-state index is 0.0409. The number of nitrogens with one attached hydrogen (secondary N) is 1. The van der Waals surface area contributed by atoms with Crippen molar-refractivity contribution in [2.75, 3.05) is 25.2 Å². The van der Waals surface area contributed by atoms with Crippen LogP contribution in [0.2, 0.25) is 0 Å². The largest absolute Gasteiger partial charge is 0.507 e. The molecule has 0 saturated carbocycles. The molecule has 10 heteroatoms. The molecule has 3 aliphatic rings. The highest BCUT2D eigenvalue weighted by Crippen LogP contribution is 2.42. The minimum atomic E-state index is 0.0409. The van der Waals surface area contributed by atoms with E-state index in [2.05, 4.69) is 56.3 Å². The zero-order valence-corrected chi connectivity index (χ0v) is 20.9. The molecule has 3 aliphatic heterocycles. The molecule has 6 rings (SSSR count). The number of aromatic nitrogens is 5. The standard InChI is InChI=1S/C26H31N7O3/c1-25-7-4-8-26(2,32-25)13-17(12-25)33(3)21-15-27-22(31-30-21)18-6-5-16(11-20(18)34)19-14-28-23-24(29-19)36-10-9-35-23/h5-6,11,14-15,17,32,34H,4,7-10,12-13H2,1-3H3/t17?,25-,26+. The van der Waals surface area contributed by atoms with Crippen LogP contribution in [0.15, 0.2) is 30.6 Å². The Labute approximate surface area is 210 Å². The second kappa shape index (κ2) is 8.55. The van der Waals surface area contributed by atoms with E-state index in [-0.39, 0.29) is 16.8 Å². The first-order valence-corrected chi connectivity index (χ1v) is 12.5. The van der Waals surface area contributed by atoms with Gasteiger partial charge in [0, 0.05) is 29.7 Å². The quantitative estimate of drug-likeness (QED) is 0.565. The van der Waals surface area contributed by atoms with Crippen LogP contribution in [0.25, 0.3) is 22.6 Å². The fourth-order valence-corrected chi connectivity index (χ4v) is 6.01. The average molecular weight is 490 g/mol. The molecule has 1 unspecified atom stereocenters. The van der Waals surface area contributed by atoms with E-state index in [0.717, 1.165) is 18.7 Å². The molecule has 1 aromatic carbocycles. The smallest absolute Gasteiger partial charge is 0.278 e. The molecule has 36 heavy (non-hydrogen) atoms. The molecule has 3 aromatic rings. The highest BCUT2D eigenvalue weighted by molar-refractivity contribution is 5.71. The second-order valence-corrected chi connectivity index (χ2v) is 10.7. The summed E-state index contributed by atoms with van der Waals surface area (Å²) in [5.41, 5.74) is 2.08. The zero-order valence-electron chi connectivity index (χ0n) is 20.9. The van der Waals surface area contributed by atoms with Gasteiger partial charge in [-0.15, -0.1) is 10.2 Å². The molecule has 188 valence electrons. The summed E-state index contributed by atoms with van der Waals surface area (Å²) >= 11 is 0. The van der Waals surface area contributed by atoms with Crippen molar-refractivity contribution in [3.05, 3.63) is 30.6 Å². The van der Waals surface area contributed by atoms with E-state index in [4.69, 9.17) is 9.47 Å². The molecular weight excluding hydrogens is 458 g/mol. The van der Waals surface area contributed by atoms with Crippen LogP contribution in [0.3, 0.4) is 0 Å². The van der Waals surface area contributed by atoms with Gasteiger partial charge in [-0.1, -0.05) is 6.07 Å². The van der Waals surface area contributed by atoms with Gasteiger partial charge in [0.2, 0.25) is 0 Å². The molecule has 0 aliphatic carbocycles. The van der Waals surface area contributed by atoms with Crippen molar-refractivity contribution >= 4 is 5.82 Å². The van der Waals surface area contributed by atoms with Gasteiger partial charge in [0.05, 0.1) is 23.7 Å². The first-order valence-electron chi connectivity index (χ1n) is 12.5. The maximum atomic E-state index is 10.7. The van der Waals surface area contributed by atoms with Gasteiger partial charge in [0.25, 0.3) is 11.8 Å². The van der Waals surface area contributed by atoms with E-state index in [1.165, 1.54) is 19.3 Å². The third-order valence-corrected chi connectivity index (χ3v) is 7.70. The van der Waals surface area contributed by atoms with Crippen LogP contribution >= 0.6 is 0 Å². The minimum Gasteiger partial charge on any atom is -0.507 e. The Kier molecular flexibility index (Phi) is 5.44. The molecule has 2 N–H and O–H groups in total. The van der Waals surface area contributed by atoms with Crippen LogP contribution in [0.5, 0.6) is 17.5 Å². The number of rotatable bonds is 4. The Bertz CT molecular complexity index is 1270. The van der Waals surface area contributed by atoms with Crippen molar-refractivity contribution in [3.63, 3.8) is 0 Å². The van der Waals surface area contributed by atoms with E-state index < -0.39 is 0 Å². The topological polar surface area (TPSA) is 118 Å². The van der Waals surface area contributed by atoms with Crippen LogP contribution in [0.1, 0.15) is 46.0 Å². The Balaban J connectivity index is 1.20. The van der Waals surface area contributed by atoms with Crippen molar-refractivity contribution in [2.45, 2.75) is 63.1 Å². The first kappa shape index (κ1) is 22.9. The molecule has 2 bridgehead atoms. The van der Waals surface area contributed by atoms with Crippen molar-refractivity contribution < 1.29 is 14.6 Å². The number of fused-ring (bicyclic) bond motifs is 3. The normalized spacial score (nSPS) is 26.9. The Morgan fingerprint density at radius 1 is 1.00 bits per heavy atom. The van der Waals surface area contributed by atoms with Crippen LogP contribution in [0.4, 0.5) is 5.82 Å². The SMILES string of the molecule is CN(c1cnc(-c2ccc(-c3cnc4c(n3)OCCO4)cc2O)nn1)C1C[C@]2(C)CCC[C@](C)(C1)N2. The lowest BCUT2D eigenvalue weighted by molar-refractivity contribution is 0.0784. The summed E-state index contributed by atoms with van der Waals surface area (Å²) < 4.78 is 10.9. The fraction of sp³-hybridized carbons (Fsp3) is 0.500. The van der Waals surface area contributed by atoms with E-state index in [0.29, 0.717) is 53.7 Å². The lowest BCUT2D eigenvalue weighted by Gasteiger charge is -2.55. The van der Waals surface area contributed by atoms with Gasteiger partial charge in [-0.3, -0.25) is 0 Å². The predicted molar refractivity (Wildman–Crippen MR) is 134 cm³/mol. The zero-order chi connectivity index (χ0) is 24.9. The molecule has 5 heterocycles. The van der Waals surface area contributed by atoms with E-state index >= 15 is 0 Å².